The molecule has 3 nitrogen and oxygen atoms in total. The van der Waals surface area contributed by atoms with Gasteiger partial charge < -0.3 is 13.9 Å². The zero-order valence-electron chi connectivity index (χ0n) is 15.6. The van der Waals surface area contributed by atoms with Gasteiger partial charge in [-0.1, -0.05) is 24.3 Å². The lowest BCUT2D eigenvalue weighted by atomic mass is 9.76. The van der Waals surface area contributed by atoms with Gasteiger partial charge in [0.15, 0.2) is 0 Å². The van der Waals surface area contributed by atoms with Gasteiger partial charge in [-0.05, 0) is 68.4 Å². The van der Waals surface area contributed by atoms with Crippen molar-refractivity contribution in [3.05, 3.63) is 66.1 Å². The molecule has 2 aromatic carbocycles. The van der Waals surface area contributed by atoms with Crippen LogP contribution >= 0.6 is 0 Å². The molecule has 4 rings (SSSR count). The Balaban J connectivity index is 1.70. The number of nitrogens with zero attached hydrogens (tertiary/aromatic N) is 1. The number of fused-ring (bicyclic) bond motifs is 1. The lowest BCUT2D eigenvalue weighted by molar-refractivity contribution is 0.00578. The van der Waals surface area contributed by atoms with Crippen LogP contribution < -0.4 is 5.46 Å². The first-order chi connectivity index (χ1) is 12.3. The van der Waals surface area contributed by atoms with E-state index in [0.717, 1.165) is 21.9 Å². The number of halogens is 1. The Hall–Kier alpha value is -2.11. The number of rotatable bonds is 3. The Morgan fingerprint density at radius 1 is 0.962 bits per heavy atom. The Morgan fingerprint density at radius 3 is 2.38 bits per heavy atom. The van der Waals surface area contributed by atoms with Crippen molar-refractivity contribution < 1.29 is 13.7 Å². The van der Waals surface area contributed by atoms with E-state index in [2.05, 4.69) is 38.3 Å². The van der Waals surface area contributed by atoms with E-state index in [1.807, 2.05) is 30.5 Å². The molecule has 0 radical (unpaired) electrons. The minimum absolute atomic E-state index is 0.225. The summed E-state index contributed by atoms with van der Waals surface area (Å²) in [6.07, 6.45) is 1.99. The SMILES string of the molecule is CC1(C)OB(c2ccccc2Cn2ccc3ccc(F)cc32)OC1(C)C. The molecule has 0 unspecified atom stereocenters. The summed E-state index contributed by atoms with van der Waals surface area (Å²) in [4.78, 5) is 0. The number of hydrogen-bond acceptors (Lipinski definition) is 2. The number of aromatic nitrogens is 1. The normalized spacial score (nSPS) is 18.6. The fourth-order valence-corrected chi connectivity index (χ4v) is 3.36. The van der Waals surface area contributed by atoms with Crippen molar-refractivity contribution in [3.63, 3.8) is 0 Å². The standard InChI is InChI=1S/C21H23BFNO2/c1-20(2)21(3,4)26-22(25-20)18-8-6-5-7-16(18)14-24-12-11-15-9-10-17(23)13-19(15)24/h5-13H,14H2,1-4H3. The first-order valence-corrected chi connectivity index (χ1v) is 8.95. The average Bonchev–Trinajstić information content (AvgIpc) is 3.05. The van der Waals surface area contributed by atoms with Crippen LogP contribution in [0.1, 0.15) is 33.3 Å². The van der Waals surface area contributed by atoms with Gasteiger partial charge in [-0.15, -0.1) is 0 Å². The molecule has 1 aliphatic rings. The molecule has 1 fully saturated rings. The lowest BCUT2D eigenvalue weighted by Gasteiger charge is -2.32. The Morgan fingerprint density at radius 2 is 1.65 bits per heavy atom. The van der Waals surface area contributed by atoms with Crippen molar-refractivity contribution in [1.82, 2.24) is 4.57 Å². The second-order valence-corrected chi connectivity index (χ2v) is 7.93. The summed E-state index contributed by atoms with van der Waals surface area (Å²) in [6, 6.07) is 15.0. The van der Waals surface area contributed by atoms with E-state index in [0.29, 0.717) is 6.54 Å². The third-order valence-corrected chi connectivity index (χ3v) is 5.64. The van der Waals surface area contributed by atoms with Gasteiger partial charge in [-0.25, -0.2) is 4.39 Å². The van der Waals surface area contributed by atoms with E-state index in [4.69, 9.17) is 9.31 Å². The maximum absolute atomic E-state index is 13.7. The van der Waals surface area contributed by atoms with Crippen LogP contribution in [0.4, 0.5) is 4.39 Å². The van der Waals surface area contributed by atoms with Crippen molar-refractivity contribution in [2.45, 2.75) is 45.4 Å². The van der Waals surface area contributed by atoms with E-state index < -0.39 is 7.12 Å². The third kappa shape index (κ3) is 2.85. The van der Waals surface area contributed by atoms with E-state index in [-0.39, 0.29) is 17.0 Å². The van der Waals surface area contributed by atoms with E-state index >= 15 is 0 Å². The van der Waals surface area contributed by atoms with Gasteiger partial charge in [0.2, 0.25) is 0 Å². The molecule has 1 aromatic heterocycles. The highest BCUT2D eigenvalue weighted by Gasteiger charge is 2.52. The van der Waals surface area contributed by atoms with Crippen molar-refractivity contribution in [3.8, 4) is 0 Å². The molecule has 0 N–H and O–H groups in total. The molecule has 134 valence electrons. The van der Waals surface area contributed by atoms with Crippen LogP contribution in [0.15, 0.2) is 54.7 Å². The summed E-state index contributed by atoms with van der Waals surface area (Å²) >= 11 is 0. The third-order valence-electron chi connectivity index (χ3n) is 5.64. The zero-order valence-corrected chi connectivity index (χ0v) is 15.6. The Labute approximate surface area is 153 Å². The predicted molar refractivity (Wildman–Crippen MR) is 103 cm³/mol. The van der Waals surface area contributed by atoms with Crippen LogP contribution in [0, 0.1) is 5.82 Å². The lowest BCUT2D eigenvalue weighted by Crippen LogP contribution is -2.41. The topological polar surface area (TPSA) is 23.4 Å². The number of benzene rings is 2. The monoisotopic (exact) mass is 351 g/mol. The van der Waals surface area contributed by atoms with Crippen LogP contribution in [0.2, 0.25) is 0 Å². The van der Waals surface area contributed by atoms with Crippen molar-refractivity contribution in [1.29, 1.82) is 0 Å². The largest absolute Gasteiger partial charge is 0.495 e. The minimum atomic E-state index is -0.408. The van der Waals surface area contributed by atoms with Gasteiger partial charge in [0.1, 0.15) is 5.82 Å². The van der Waals surface area contributed by atoms with Gasteiger partial charge in [0.25, 0.3) is 0 Å². The second kappa shape index (κ2) is 5.97. The zero-order chi connectivity index (χ0) is 18.5. The molecule has 2 heterocycles. The molecule has 5 heteroatoms. The molecule has 26 heavy (non-hydrogen) atoms. The smallest absolute Gasteiger partial charge is 0.399 e. The molecule has 0 amide bonds. The fraction of sp³-hybridized carbons (Fsp3) is 0.333. The van der Waals surface area contributed by atoms with Crippen LogP contribution in [-0.2, 0) is 15.9 Å². The van der Waals surface area contributed by atoms with Gasteiger partial charge in [-0.2, -0.15) is 0 Å². The first-order valence-electron chi connectivity index (χ1n) is 8.95. The molecule has 1 saturated heterocycles. The molecule has 3 aromatic rings. The summed E-state index contributed by atoms with van der Waals surface area (Å²) in [7, 11) is -0.408. The molecule has 0 bridgehead atoms. The summed E-state index contributed by atoms with van der Waals surface area (Å²) in [6.45, 7) is 8.85. The molecule has 0 spiro atoms. The quantitative estimate of drug-likeness (QED) is 0.663. The van der Waals surface area contributed by atoms with Crippen LogP contribution in [-0.4, -0.2) is 22.9 Å². The van der Waals surface area contributed by atoms with Gasteiger partial charge in [0.05, 0.1) is 16.7 Å². The Kier molecular flexibility index (Phi) is 3.97. The molecule has 1 aliphatic heterocycles. The van der Waals surface area contributed by atoms with E-state index in [1.165, 1.54) is 6.07 Å². The molecular weight excluding hydrogens is 328 g/mol. The van der Waals surface area contributed by atoms with Crippen molar-refractivity contribution in [2.24, 2.45) is 0 Å². The maximum Gasteiger partial charge on any atom is 0.495 e. The highest BCUT2D eigenvalue weighted by molar-refractivity contribution is 6.62. The minimum Gasteiger partial charge on any atom is -0.399 e. The predicted octanol–water partition coefficient (Wildman–Crippen LogP) is 4.13. The molecular formula is C21H23BFNO2. The van der Waals surface area contributed by atoms with Gasteiger partial charge in [0, 0.05) is 12.7 Å². The highest BCUT2D eigenvalue weighted by Crippen LogP contribution is 2.36. The highest BCUT2D eigenvalue weighted by atomic mass is 19.1. The summed E-state index contributed by atoms with van der Waals surface area (Å²) < 4.78 is 28.2. The summed E-state index contributed by atoms with van der Waals surface area (Å²) in [5, 5.41) is 1.03. The molecule has 0 atom stereocenters. The van der Waals surface area contributed by atoms with Crippen molar-refractivity contribution >= 4 is 23.5 Å². The molecule has 0 saturated carbocycles. The van der Waals surface area contributed by atoms with Crippen LogP contribution in [0.3, 0.4) is 0 Å². The van der Waals surface area contributed by atoms with Crippen molar-refractivity contribution in [2.75, 3.05) is 0 Å². The van der Waals surface area contributed by atoms with Crippen LogP contribution in [0.25, 0.3) is 10.9 Å². The van der Waals surface area contributed by atoms with Gasteiger partial charge in [-0.3, -0.25) is 0 Å². The fourth-order valence-electron chi connectivity index (χ4n) is 3.36. The second-order valence-electron chi connectivity index (χ2n) is 7.93. The van der Waals surface area contributed by atoms with Crippen LogP contribution in [0.5, 0.6) is 0 Å². The van der Waals surface area contributed by atoms with E-state index in [9.17, 15) is 4.39 Å². The molecule has 0 aliphatic carbocycles. The van der Waals surface area contributed by atoms with Gasteiger partial charge >= 0.3 is 7.12 Å². The summed E-state index contributed by atoms with van der Waals surface area (Å²) in [5.74, 6) is -0.225. The first kappa shape index (κ1) is 17.3. The summed E-state index contributed by atoms with van der Waals surface area (Å²) in [5.41, 5.74) is 2.24. The maximum atomic E-state index is 13.7. The van der Waals surface area contributed by atoms with E-state index in [1.54, 1.807) is 12.1 Å². The Bertz CT molecular complexity index is 948. The average molecular weight is 351 g/mol. The number of hydrogen-bond donors (Lipinski definition) is 0.